The number of ether oxygens (including phenoxy) is 1. The molecule has 0 amide bonds. The van der Waals surface area contributed by atoms with Crippen LogP contribution in [0.4, 0.5) is 0 Å². The van der Waals surface area contributed by atoms with Gasteiger partial charge in [-0.05, 0) is 32.1 Å². The van der Waals surface area contributed by atoms with Crippen LogP contribution >= 0.6 is 22.6 Å². The van der Waals surface area contributed by atoms with Gasteiger partial charge in [-0.15, -0.1) is 0 Å². The van der Waals surface area contributed by atoms with Crippen LogP contribution in [0.15, 0.2) is 0 Å². The molecule has 4 bridgehead atoms. The van der Waals surface area contributed by atoms with Crippen LogP contribution in [-0.4, -0.2) is 30.0 Å². The van der Waals surface area contributed by atoms with Crippen molar-refractivity contribution in [2.75, 3.05) is 0 Å². The van der Waals surface area contributed by atoms with E-state index in [1.165, 1.54) is 0 Å². The van der Waals surface area contributed by atoms with Gasteiger partial charge in [0, 0.05) is 5.92 Å². The van der Waals surface area contributed by atoms with Gasteiger partial charge < -0.3 is 4.74 Å². The van der Waals surface area contributed by atoms with Gasteiger partial charge in [-0.2, -0.15) is 8.42 Å². The molecule has 6 atom stereocenters. The standard InChI is InChI=1S/C10H15IO4S/c1-5(11)14-9-6-2-3-7-8(4-6)16(12,13)15-10(7)9/h5-10H,2-4H2,1H3. The molecule has 4 aliphatic rings. The molecule has 0 N–H and O–H groups in total. The zero-order valence-electron chi connectivity index (χ0n) is 9.00. The van der Waals surface area contributed by atoms with Crippen molar-refractivity contribution in [3.8, 4) is 0 Å². The lowest BCUT2D eigenvalue weighted by Crippen LogP contribution is -2.51. The Hall–Kier alpha value is 0.600. The van der Waals surface area contributed by atoms with Crippen LogP contribution in [0.25, 0.3) is 0 Å². The quantitative estimate of drug-likeness (QED) is 0.428. The molecule has 3 saturated carbocycles. The van der Waals surface area contributed by atoms with Crippen molar-refractivity contribution in [2.45, 2.75) is 47.8 Å². The summed E-state index contributed by atoms with van der Waals surface area (Å²) in [4.78, 5) is 0. The molecule has 0 spiro atoms. The molecule has 6 unspecified atom stereocenters. The highest BCUT2D eigenvalue weighted by atomic mass is 127. The monoisotopic (exact) mass is 358 g/mol. The summed E-state index contributed by atoms with van der Waals surface area (Å²) in [6, 6.07) is 0. The molecule has 4 fully saturated rings. The first-order valence-electron chi connectivity index (χ1n) is 5.70. The zero-order chi connectivity index (χ0) is 11.5. The molecule has 3 aliphatic carbocycles. The maximum absolute atomic E-state index is 11.8. The molecule has 0 aromatic rings. The van der Waals surface area contributed by atoms with E-state index in [0.717, 1.165) is 19.3 Å². The molecular formula is C10H15IO4S. The summed E-state index contributed by atoms with van der Waals surface area (Å²) >= 11 is 2.21. The van der Waals surface area contributed by atoms with Crippen LogP contribution < -0.4 is 0 Å². The highest BCUT2D eigenvalue weighted by Gasteiger charge is 2.61. The van der Waals surface area contributed by atoms with E-state index in [-0.39, 0.29) is 27.5 Å². The molecule has 16 heavy (non-hydrogen) atoms. The molecule has 1 saturated heterocycles. The summed E-state index contributed by atoms with van der Waals surface area (Å²) in [5.41, 5.74) is 0. The van der Waals surface area contributed by atoms with E-state index in [9.17, 15) is 8.42 Å². The predicted octanol–water partition coefficient (Wildman–Crippen LogP) is 1.68. The van der Waals surface area contributed by atoms with E-state index in [1.807, 2.05) is 6.92 Å². The van der Waals surface area contributed by atoms with Crippen molar-refractivity contribution < 1.29 is 17.3 Å². The normalized spacial score (nSPS) is 50.5. The topological polar surface area (TPSA) is 52.6 Å². The van der Waals surface area contributed by atoms with Crippen LogP contribution in [0.2, 0.25) is 0 Å². The Kier molecular flexibility index (Phi) is 2.77. The van der Waals surface area contributed by atoms with E-state index in [4.69, 9.17) is 8.92 Å². The molecule has 0 radical (unpaired) electrons. The minimum absolute atomic E-state index is 0.0147. The maximum Gasteiger partial charge on any atom is 0.270 e. The molecule has 92 valence electrons. The molecule has 1 aliphatic heterocycles. The molecular weight excluding hydrogens is 343 g/mol. The Morgan fingerprint density at radius 2 is 2.19 bits per heavy atom. The summed E-state index contributed by atoms with van der Waals surface area (Å²) in [7, 11) is -3.31. The number of hydrogen-bond acceptors (Lipinski definition) is 4. The largest absolute Gasteiger partial charge is 0.362 e. The zero-order valence-corrected chi connectivity index (χ0v) is 12.0. The lowest BCUT2D eigenvalue weighted by molar-refractivity contribution is -0.110. The maximum atomic E-state index is 11.8. The lowest BCUT2D eigenvalue weighted by atomic mass is 9.67. The van der Waals surface area contributed by atoms with Gasteiger partial charge in [-0.25, -0.2) is 0 Å². The van der Waals surface area contributed by atoms with Gasteiger partial charge in [-0.3, -0.25) is 4.18 Å². The number of rotatable bonds is 2. The lowest BCUT2D eigenvalue weighted by Gasteiger charge is -2.44. The van der Waals surface area contributed by atoms with E-state index in [2.05, 4.69) is 22.6 Å². The van der Waals surface area contributed by atoms with Crippen molar-refractivity contribution in [1.82, 2.24) is 0 Å². The Balaban J connectivity index is 1.91. The molecule has 6 heteroatoms. The van der Waals surface area contributed by atoms with Crippen molar-refractivity contribution in [1.29, 1.82) is 0 Å². The summed E-state index contributed by atoms with van der Waals surface area (Å²) < 4.78 is 34.8. The van der Waals surface area contributed by atoms with Gasteiger partial charge in [0.05, 0.1) is 11.4 Å². The summed E-state index contributed by atoms with van der Waals surface area (Å²) in [6.45, 7) is 1.98. The SMILES string of the molecule is CC(I)OC1C2CCC3C1OS(=O)(=O)C3C2. The number of alkyl halides is 1. The molecule has 4 rings (SSSR count). The van der Waals surface area contributed by atoms with Crippen LogP contribution in [0, 0.1) is 11.8 Å². The van der Waals surface area contributed by atoms with Crippen molar-refractivity contribution >= 4 is 32.7 Å². The van der Waals surface area contributed by atoms with Gasteiger partial charge >= 0.3 is 0 Å². The van der Waals surface area contributed by atoms with Gasteiger partial charge in [0.2, 0.25) is 0 Å². The fourth-order valence-corrected chi connectivity index (χ4v) is 5.70. The Labute approximate surface area is 109 Å². The van der Waals surface area contributed by atoms with Gasteiger partial charge in [-0.1, -0.05) is 22.6 Å². The second kappa shape index (κ2) is 3.80. The summed E-state index contributed by atoms with van der Waals surface area (Å²) in [5, 5.41) is -0.249. The Bertz CT molecular complexity index is 394. The minimum atomic E-state index is -3.31. The van der Waals surface area contributed by atoms with Crippen molar-refractivity contribution in [3.63, 3.8) is 0 Å². The van der Waals surface area contributed by atoms with Gasteiger partial charge in [0.1, 0.15) is 10.2 Å². The van der Waals surface area contributed by atoms with E-state index in [0.29, 0.717) is 5.92 Å². The van der Waals surface area contributed by atoms with Crippen molar-refractivity contribution in [2.24, 2.45) is 11.8 Å². The third-order valence-corrected chi connectivity index (χ3v) is 6.12. The Morgan fingerprint density at radius 1 is 1.44 bits per heavy atom. The first kappa shape index (κ1) is 11.7. The van der Waals surface area contributed by atoms with Crippen LogP contribution in [0.1, 0.15) is 26.2 Å². The third kappa shape index (κ3) is 1.64. The second-order valence-corrected chi connectivity index (χ2v) is 8.51. The van der Waals surface area contributed by atoms with Crippen molar-refractivity contribution in [3.05, 3.63) is 0 Å². The number of fused-ring (bicyclic) bond motifs is 1. The van der Waals surface area contributed by atoms with Crippen LogP contribution in [0.5, 0.6) is 0 Å². The first-order valence-corrected chi connectivity index (χ1v) is 8.42. The average molecular weight is 358 g/mol. The number of hydrogen-bond donors (Lipinski definition) is 0. The first-order chi connectivity index (χ1) is 7.49. The number of halogens is 1. The smallest absolute Gasteiger partial charge is 0.270 e. The molecule has 0 aromatic heterocycles. The van der Waals surface area contributed by atoms with Gasteiger partial charge in [0.15, 0.2) is 0 Å². The second-order valence-electron chi connectivity index (χ2n) is 4.97. The van der Waals surface area contributed by atoms with Gasteiger partial charge in [0.25, 0.3) is 10.1 Å². The highest BCUT2D eigenvalue weighted by molar-refractivity contribution is 14.1. The van der Waals surface area contributed by atoms with E-state index < -0.39 is 10.1 Å². The van der Waals surface area contributed by atoms with E-state index >= 15 is 0 Å². The average Bonchev–Trinajstić information content (AvgIpc) is 2.42. The van der Waals surface area contributed by atoms with Crippen LogP contribution in [0.3, 0.4) is 0 Å². The highest BCUT2D eigenvalue weighted by Crippen LogP contribution is 2.52. The van der Waals surface area contributed by atoms with E-state index in [1.54, 1.807) is 0 Å². The third-order valence-electron chi connectivity index (χ3n) is 4.05. The fraction of sp³-hybridized carbons (Fsp3) is 1.00. The predicted molar refractivity (Wildman–Crippen MR) is 66.8 cm³/mol. The fourth-order valence-electron chi connectivity index (χ4n) is 3.46. The summed E-state index contributed by atoms with van der Waals surface area (Å²) in [6.07, 6.45) is 2.58. The Morgan fingerprint density at radius 3 is 2.88 bits per heavy atom. The molecule has 0 aromatic carbocycles. The molecule has 4 nitrogen and oxygen atoms in total. The minimum Gasteiger partial charge on any atom is -0.362 e. The molecule has 1 heterocycles. The summed E-state index contributed by atoms with van der Waals surface area (Å²) in [5.74, 6) is 0.546. The van der Waals surface area contributed by atoms with Crippen LogP contribution in [-0.2, 0) is 19.0 Å².